The molecule has 0 unspecified atom stereocenters. The first kappa shape index (κ1) is 96.9. The average Bonchev–Trinajstić information content (AvgIpc) is 2.35. The monoisotopic (exact) mass is 1350 g/mol. The van der Waals surface area contributed by atoms with Crippen molar-refractivity contribution in [1.82, 2.24) is 10.6 Å². The van der Waals surface area contributed by atoms with E-state index in [1.54, 1.807) is 20.8 Å². The van der Waals surface area contributed by atoms with Crippen LogP contribution >= 0.6 is 15.2 Å². The summed E-state index contributed by atoms with van der Waals surface area (Å²) in [4.78, 5) is 65.6. The number of unbranched alkanes of at least 4 members (excludes halogenated alkanes) is 18. The maximum Gasteiger partial charge on any atom is 1.00 e. The first-order valence-electron chi connectivity index (χ1n) is 30.8. The van der Waals surface area contributed by atoms with Gasteiger partial charge in [0, 0.05) is 170 Å². The summed E-state index contributed by atoms with van der Waals surface area (Å²) in [5.41, 5.74) is 0. The van der Waals surface area contributed by atoms with Crippen LogP contribution in [0.3, 0.4) is 0 Å². The molecule has 0 aromatic carbocycles. The Bertz CT molecular complexity index is 3990. The zero-order valence-electron chi connectivity index (χ0n) is 57.2. The van der Waals surface area contributed by atoms with Gasteiger partial charge in [0.25, 0.3) is 11.8 Å². The Balaban J connectivity index is -0.000000447. The summed E-state index contributed by atoms with van der Waals surface area (Å²) < 4.78 is 32.2. The summed E-state index contributed by atoms with van der Waals surface area (Å²) in [6, 6.07) is 0. The van der Waals surface area contributed by atoms with Crippen LogP contribution in [0.5, 0.6) is 0 Å². The van der Waals surface area contributed by atoms with Crippen molar-refractivity contribution in [2.24, 2.45) is 0 Å². The van der Waals surface area contributed by atoms with Gasteiger partial charge < -0.3 is 34.0 Å². The van der Waals surface area contributed by atoms with E-state index >= 15 is 0 Å². The number of allylic oxidation sites excluding steroid dienone is 4. The molecule has 12 nitrogen and oxygen atoms in total. The zero-order valence-corrected chi connectivity index (χ0v) is 63.0. The Morgan fingerprint density at radius 2 is 0.567 bits per heavy atom. The van der Waals surface area contributed by atoms with E-state index in [0.717, 1.165) is 96.3 Å². The molecule has 2 amide bonds. The van der Waals surface area contributed by atoms with Crippen LogP contribution in [-0.4, -0.2) is 63.0 Å². The maximum atomic E-state index is 11.9. The SMILES string of the molecule is C#CC#CC#CC#CC#CC#CC#CC#CC#CC#CC#CC#CC#CC#CC#CC#CC#CC#CC#CC#CC.CCC(=O)C(=O)NCCCC/C=C\CCCCCCCCCP(=O)(OC)OC.CCC(=O)C(=O)NCCCC/C=C\CCCCCCCCCP(=O)([O-])[O-].[Na+].[Na+]. The predicted molar refractivity (Wildman–Crippen MR) is 378 cm³/mol. The van der Waals surface area contributed by atoms with Crippen molar-refractivity contribution >= 4 is 38.6 Å². The van der Waals surface area contributed by atoms with E-state index in [-0.39, 0.29) is 89.7 Å². The standard InChI is InChI=1S/C41H4.C21H40NO5P.C19H36NO5P.2Na/c1-3-5-7-9-11-13-15-17-19-21-23-25-27-29-31-33-35-37-39-41-40-38-36-34-32-30-28-26-24-22-20-18-16-14-12-10-8-6-4-2;1-4-20(23)21(24)22-18-16-14-12-10-8-6-5-7-9-11-13-15-17-19-28(25,26-2)27-3;1-2-18(21)19(22)20-16-14-12-10-8-6-4-3-5-7-9-11-13-15-17-26(23,24)25;;/h1H,2H3;8,10H,4-7,9,11-19H2,1-3H3,(H,22,24);6,8H,2-5,7,9-17H2,1H3,(H,20,22)(H2,23,24,25);;/q;;;2*+1/p-2/b;10-8-;8-6-;;. The van der Waals surface area contributed by atoms with E-state index in [2.05, 4.69) is 266 Å². The molecular weight excluding hydrogens is 1270 g/mol. The molecule has 16 heteroatoms. The van der Waals surface area contributed by atoms with Crippen molar-refractivity contribution in [2.75, 3.05) is 39.6 Å². The van der Waals surface area contributed by atoms with Gasteiger partial charge in [-0.2, -0.15) is 0 Å². The van der Waals surface area contributed by atoms with Crippen molar-refractivity contribution in [1.29, 1.82) is 0 Å². The fourth-order valence-corrected chi connectivity index (χ4v) is 8.26. The Morgan fingerprint density at radius 3 is 0.794 bits per heavy atom. The van der Waals surface area contributed by atoms with Crippen LogP contribution in [0.25, 0.3) is 0 Å². The minimum Gasteiger partial charge on any atom is -0.811 e. The van der Waals surface area contributed by atoms with Crippen molar-refractivity contribution in [3.8, 4) is 237 Å². The normalized spacial score (nSPS) is 8.23. The minimum absolute atomic E-state index is 0. The van der Waals surface area contributed by atoms with Gasteiger partial charge in [-0.3, -0.25) is 23.7 Å². The molecule has 484 valence electrons. The molecule has 0 radical (unpaired) electrons. The number of hydrogen-bond acceptors (Lipinski definition) is 10. The van der Waals surface area contributed by atoms with E-state index in [1.165, 1.54) is 52.7 Å². The molecule has 0 rings (SSSR count). The van der Waals surface area contributed by atoms with Gasteiger partial charge in [0.15, 0.2) is 0 Å². The fraction of sp³-hybridized carbons (Fsp3) is 0.407. The van der Waals surface area contributed by atoms with E-state index < -0.39 is 27.0 Å². The molecule has 0 saturated heterocycles. The number of rotatable bonds is 36. The number of ketones is 2. The minimum atomic E-state index is -4.30. The van der Waals surface area contributed by atoms with Crippen LogP contribution in [0.1, 0.15) is 175 Å². The second kappa shape index (κ2) is 79.7. The number of amides is 2. The van der Waals surface area contributed by atoms with Crippen LogP contribution in [0.4, 0.5) is 0 Å². The van der Waals surface area contributed by atoms with Crippen LogP contribution in [0.15, 0.2) is 24.3 Å². The average molecular weight is 1350 g/mol. The molecule has 0 spiro atoms. The van der Waals surface area contributed by atoms with Gasteiger partial charge in [-0.25, -0.2) is 0 Å². The predicted octanol–water partition coefficient (Wildman–Crippen LogP) is 2.97. The van der Waals surface area contributed by atoms with Gasteiger partial charge in [-0.05, 0) is 185 Å². The molecule has 0 aliphatic heterocycles. The fourth-order valence-electron chi connectivity index (χ4n) is 6.52. The first-order chi connectivity index (χ1) is 46.3. The molecule has 0 aromatic rings. The van der Waals surface area contributed by atoms with E-state index in [4.69, 9.17) is 15.5 Å². The molecular formula is C81H78N2Na2O10P2. The molecule has 97 heavy (non-hydrogen) atoms. The van der Waals surface area contributed by atoms with Crippen LogP contribution in [0, 0.1) is 237 Å². The second-order valence-corrected chi connectivity index (χ2v) is 22.6. The molecule has 0 aromatic heterocycles. The molecule has 0 aliphatic carbocycles. The van der Waals surface area contributed by atoms with Crippen LogP contribution < -0.4 is 79.5 Å². The topological polar surface area (TPSA) is 191 Å². The summed E-state index contributed by atoms with van der Waals surface area (Å²) in [5.74, 6) is 95.2. The number of hydrogen-bond donors (Lipinski definition) is 2. The third kappa shape index (κ3) is 83.3. The summed E-state index contributed by atoms with van der Waals surface area (Å²) in [7, 11) is -4.24. The van der Waals surface area contributed by atoms with Gasteiger partial charge in [-0.15, -0.1) is 6.42 Å². The number of carbonyl (C=O) groups is 4. The number of Topliss-reactive ketones (excluding diaryl/α,β-unsaturated/α-hetero) is 2. The van der Waals surface area contributed by atoms with Gasteiger partial charge >= 0.3 is 66.7 Å². The number of terminal acetylenes is 1. The zero-order chi connectivity index (χ0) is 70.3. The van der Waals surface area contributed by atoms with Crippen LogP contribution in [-0.2, 0) is 37.4 Å². The van der Waals surface area contributed by atoms with Gasteiger partial charge in [0.2, 0.25) is 11.6 Å². The van der Waals surface area contributed by atoms with Gasteiger partial charge in [-0.1, -0.05) is 116 Å². The van der Waals surface area contributed by atoms with Crippen molar-refractivity contribution in [2.45, 2.75) is 175 Å². The van der Waals surface area contributed by atoms with Gasteiger partial charge in [0.1, 0.15) is 0 Å². The first-order valence-corrected chi connectivity index (χ1v) is 34.2. The molecule has 0 saturated carbocycles. The van der Waals surface area contributed by atoms with Crippen LogP contribution in [0.2, 0.25) is 0 Å². The quantitative estimate of drug-likeness (QED) is 0.0236. The second-order valence-electron chi connectivity index (χ2n) is 18.6. The largest absolute Gasteiger partial charge is 1.00 e. The summed E-state index contributed by atoms with van der Waals surface area (Å²) in [6.07, 6.45) is 37.5. The number of nitrogens with one attached hydrogen (secondary N) is 2. The third-order valence-electron chi connectivity index (χ3n) is 11.3. The Morgan fingerprint density at radius 1 is 0.351 bits per heavy atom. The van der Waals surface area contributed by atoms with E-state index in [0.29, 0.717) is 25.7 Å². The van der Waals surface area contributed by atoms with E-state index in [1.807, 2.05) is 0 Å². The Kier molecular flexibility index (Phi) is 79.7. The summed E-state index contributed by atoms with van der Waals surface area (Å²) in [6.45, 7) is 6.19. The molecule has 0 heterocycles. The summed E-state index contributed by atoms with van der Waals surface area (Å²) >= 11 is 0. The third-order valence-corrected chi connectivity index (χ3v) is 14.1. The number of carbonyl (C=O) groups excluding carboxylic acids is 4. The van der Waals surface area contributed by atoms with Crippen molar-refractivity contribution in [3.05, 3.63) is 24.3 Å². The molecule has 0 aliphatic rings. The smallest absolute Gasteiger partial charge is 0.811 e. The van der Waals surface area contributed by atoms with Crippen molar-refractivity contribution in [3.63, 3.8) is 0 Å². The molecule has 0 fully saturated rings. The Hall–Kier alpha value is -8.74. The van der Waals surface area contributed by atoms with Crippen molar-refractivity contribution < 1.29 is 106 Å². The van der Waals surface area contributed by atoms with E-state index in [9.17, 15) is 38.1 Å². The summed E-state index contributed by atoms with van der Waals surface area (Å²) in [5, 5.41) is 5.28. The molecule has 2 N–H and O–H groups in total. The Labute approximate surface area is 626 Å². The molecule has 0 bridgehead atoms. The van der Waals surface area contributed by atoms with Gasteiger partial charge in [0.05, 0.1) is 6.16 Å². The molecule has 0 atom stereocenters. The maximum absolute atomic E-state index is 11.9.